The largest absolute Gasteiger partial charge is 0.457 e. The maximum absolute atomic E-state index is 13.0. The zero-order chi connectivity index (χ0) is 19.5. The molecule has 1 amide bonds. The van der Waals surface area contributed by atoms with E-state index in [4.69, 9.17) is 9.47 Å². The van der Waals surface area contributed by atoms with E-state index in [0.717, 1.165) is 43.4 Å². The van der Waals surface area contributed by atoms with Crippen molar-refractivity contribution >= 4 is 11.9 Å². The van der Waals surface area contributed by atoms with Crippen molar-refractivity contribution in [1.29, 1.82) is 0 Å². The lowest BCUT2D eigenvalue weighted by molar-refractivity contribution is -0.154. The average Bonchev–Trinajstić information content (AvgIpc) is 2.75. The number of ether oxygens (including phenoxy) is 2. The number of nitrogens with zero attached hydrogens (tertiary/aromatic N) is 1. The van der Waals surface area contributed by atoms with Crippen molar-refractivity contribution in [3.63, 3.8) is 0 Å². The molecule has 1 saturated heterocycles. The monoisotopic (exact) mass is 379 g/mol. The van der Waals surface area contributed by atoms with Gasteiger partial charge in [0.05, 0.1) is 0 Å². The summed E-state index contributed by atoms with van der Waals surface area (Å²) < 4.78 is 11.4. The Labute approximate surface area is 165 Å². The lowest BCUT2D eigenvalue weighted by Crippen LogP contribution is -2.45. The van der Waals surface area contributed by atoms with Gasteiger partial charge in [0, 0.05) is 23.7 Å². The van der Waals surface area contributed by atoms with Gasteiger partial charge >= 0.3 is 5.97 Å². The van der Waals surface area contributed by atoms with E-state index in [1.165, 1.54) is 0 Å². The van der Waals surface area contributed by atoms with Gasteiger partial charge in [-0.25, -0.2) is 0 Å². The highest BCUT2D eigenvalue weighted by molar-refractivity contribution is 5.88. The molecule has 0 spiro atoms. The van der Waals surface area contributed by atoms with Crippen LogP contribution in [-0.2, 0) is 14.3 Å². The highest BCUT2D eigenvalue weighted by atomic mass is 16.5. The third kappa shape index (κ3) is 3.49. The summed E-state index contributed by atoms with van der Waals surface area (Å²) in [4.78, 5) is 27.6. The zero-order valence-electron chi connectivity index (χ0n) is 16.1. The van der Waals surface area contributed by atoms with Gasteiger partial charge in [0.15, 0.2) is 6.61 Å². The molecule has 1 atom stereocenters. The smallest absolute Gasteiger partial charge is 0.318 e. The van der Waals surface area contributed by atoms with E-state index in [2.05, 4.69) is 6.92 Å². The Balaban J connectivity index is 1.51. The van der Waals surface area contributed by atoms with Crippen molar-refractivity contribution in [1.82, 2.24) is 4.90 Å². The summed E-state index contributed by atoms with van der Waals surface area (Å²) in [5, 5.41) is 0. The number of fused-ring (bicyclic) bond motifs is 2. The van der Waals surface area contributed by atoms with Crippen molar-refractivity contribution in [2.45, 2.75) is 44.6 Å². The SMILES string of the molecule is CC[C@@H]1CCCCN1C(=O)COC(=O)C1c2ccccc2Oc2ccccc21. The maximum Gasteiger partial charge on any atom is 0.318 e. The Bertz CT molecular complexity index is 833. The molecule has 28 heavy (non-hydrogen) atoms. The molecular weight excluding hydrogens is 354 g/mol. The number of likely N-dealkylation sites (tertiary alicyclic amines) is 1. The van der Waals surface area contributed by atoms with Gasteiger partial charge in [-0.2, -0.15) is 0 Å². The number of carbonyl (C=O) groups excluding carboxylic acids is 2. The molecule has 5 nitrogen and oxygen atoms in total. The van der Waals surface area contributed by atoms with Crippen LogP contribution in [0.15, 0.2) is 48.5 Å². The molecule has 0 aromatic heterocycles. The Morgan fingerprint density at radius 1 is 1.04 bits per heavy atom. The lowest BCUT2D eigenvalue weighted by atomic mass is 9.88. The molecule has 0 saturated carbocycles. The van der Waals surface area contributed by atoms with Crippen LogP contribution in [0.1, 0.15) is 49.7 Å². The van der Waals surface area contributed by atoms with Gasteiger partial charge in [-0.05, 0) is 37.8 Å². The number of amides is 1. The van der Waals surface area contributed by atoms with Gasteiger partial charge in [0.2, 0.25) is 0 Å². The van der Waals surface area contributed by atoms with Crippen LogP contribution in [0.3, 0.4) is 0 Å². The van der Waals surface area contributed by atoms with E-state index in [1.807, 2.05) is 53.4 Å². The minimum atomic E-state index is -0.586. The van der Waals surface area contributed by atoms with E-state index in [9.17, 15) is 9.59 Å². The van der Waals surface area contributed by atoms with Gasteiger partial charge in [-0.3, -0.25) is 9.59 Å². The molecule has 2 aliphatic rings. The number of rotatable bonds is 4. The fraction of sp³-hybridized carbons (Fsp3) is 0.391. The number of benzene rings is 2. The van der Waals surface area contributed by atoms with E-state index in [0.29, 0.717) is 11.5 Å². The predicted octanol–water partition coefficient (Wildman–Crippen LogP) is 4.26. The third-order valence-electron chi connectivity index (χ3n) is 5.67. The van der Waals surface area contributed by atoms with Crippen molar-refractivity contribution in [2.24, 2.45) is 0 Å². The topological polar surface area (TPSA) is 55.8 Å². The molecule has 0 aliphatic carbocycles. The predicted molar refractivity (Wildman–Crippen MR) is 105 cm³/mol. The Morgan fingerprint density at radius 2 is 1.68 bits per heavy atom. The summed E-state index contributed by atoms with van der Waals surface area (Å²) in [5.41, 5.74) is 1.53. The first-order valence-corrected chi connectivity index (χ1v) is 10.0. The van der Waals surface area contributed by atoms with Gasteiger partial charge < -0.3 is 14.4 Å². The highest BCUT2D eigenvalue weighted by Crippen LogP contribution is 2.44. The maximum atomic E-state index is 13.0. The second-order valence-corrected chi connectivity index (χ2v) is 7.36. The molecular formula is C23H25NO4. The molecule has 4 rings (SSSR count). The van der Waals surface area contributed by atoms with Crippen LogP contribution >= 0.6 is 0 Å². The van der Waals surface area contributed by atoms with Crippen LogP contribution in [0.25, 0.3) is 0 Å². The molecule has 0 N–H and O–H groups in total. The summed E-state index contributed by atoms with van der Waals surface area (Å²) in [7, 11) is 0. The quantitative estimate of drug-likeness (QED) is 0.745. The standard InChI is InChI=1S/C23H25NO4/c1-2-16-9-7-8-14-24(16)21(25)15-27-23(26)22-17-10-3-5-12-19(17)28-20-13-6-4-11-18(20)22/h3-6,10-13,16,22H,2,7-9,14-15H2,1H3/t16-/m1/s1. The van der Waals surface area contributed by atoms with Crippen LogP contribution < -0.4 is 4.74 Å². The number of para-hydroxylation sites is 2. The molecule has 0 bridgehead atoms. The van der Waals surface area contributed by atoms with E-state index >= 15 is 0 Å². The van der Waals surface area contributed by atoms with Crippen molar-refractivity contribution in [2.75, 3.05) is 13.2 Å². The summed E-state index contributed by atoms with van der Waals surface area (Å²) in [5.74, 6) is 0.195. The van der Waals surface area contributed by atoms with E-state index in [-0.39, 0.29) is 18.6 Å². The second kappa shape index (κ2) is 8.05. The normalized spacial score (nSPS) is 18.6. The van der Waals surface area contributed by atoms with Gasteiger partial charge in [-0.15, -0.1) is 0 Å². The molecule has 1 fully saturated rings. The fourth-order valence-corrected chi connectivity index (χ4v) is 4.22. The van der Waals surface area contributed by atoms with Crippen molar-refractivity contribution in [3.8, 4) is 11.5 Å². The Morgan fingerprint density at radius 3 is 2.32 bits per heavy atom. The van der Waals surface area contributed by atoms with E-state index < -0.39 is 11.9 Å². The van der Waals surface area contributed by atoms with Gasteiger partial charge in [0.1, 0.15) is 17.4 Å². The van der Waals surface area contributed by atoms with Gasteiger partial charge in [-0.1, -0.05) is 43.3 Å². The van der Waals surface area contributed by atoms with Crippen LogP contribution in [0.2, 0.25) is 0 Å². The van der Waals surface area contributed by atoms with Crippen molar-refractivity contribution in [3.05, 3.63) is 59.7 Å². The summed E-state index contributed by atoms with van der Waals surface area (Å²) in [6.07, 6.45) is 4.12. The summed E-state index contributed by atoms with van der Waals surface area (Å²) in [6, 6.07) is 15.2. The minimum Gasteiger partial charge on any atom is -0.457 e. The second-order valence-electron chi connectivity index (χ2n) is 7.36. The van der Waals surface area contributed by atoms with Crippen LogP contribution in [-0.4, -0.2) is 36.0 Å². The minimum absolute atomic E-state index is 0.103. The fourth-order valence-electron chi connectivity index (χ4n) is 4.22. The van der Waals surface area contributed by atoms with E-state index in [1.54, 1.807) is 0 Å². The number of piperidine rings is 1. The highest BCUT2D eigenvalue weighted by Gasteiger charge is 2.34. The lowest BCUT2D eigenvalue weighted by Gasteiger charge is -2.35. The average molecular weight is 379 g/mol. The third-order valence-corrected chi connectivity index (χ3v) is 5.67. The first-order chi connectivity index (χ1) is 13.7. The van der Waals surface area contributed by atoms with Crippen molar-refractivity contribution < 1.29 is 19.1 Å². The number of hydrogen-bond acceptors (Lipinski definition) is 4. The van der Waals surface area contributed by atoms with Crippen LogP contribution in [0.4, 0.5) is 0 Å². The molecule has 0 unspecified atom stereocenters. The molecule has 2 heterocycles. The molecule has 2 aromatic carbocycles. The Kier molecular flexibility index (Phi) is 5.33. The number of hydrogen-bond donors (Lipinski definition) is 0. The summed E-state index contributed by atoms with van der Waals surface area (Å²) >= 11 is 0. The molecule has 5 heteroatoms. The molecule has 2 aliphatic heterocycles. The molecule has 146 valence electrons. The van der Waals surface area contributed by atoms with Crippen LogP contribution in [0, 0.1) is 0 Å². The first-order valence-electron chi connectivity index (χ1n) is 10.0. The van der Waals surface area contributed by atoms with Crippen LogP contribution in [0.5, 0.6) is 11.5 Å². The number of esters is 1. The Hall–Kier alpha value is -2.82. The first kappa shape index (κ1) is 18.5. The number of carbonyl (C=O) groups is 2. The molecule has 0 radical (unpaired) electrons. The molecule has 2 aromatic rings. The zero-order valence-corrected chi connectivity index (χ0v) is 16.1. The summed E-state index contributed by atoms with van der Waals surface area (Å²) in [6.45, 7) is 2.63. The van der Waals surface area contributed by atoms with Gasteiger partial charge in [0.25, 0.3) is 5.91 Å².